The molecule has 0 spiro atoms. The van der Waals surface area contributed by atoms with E-state index in [1.165, 1.54) is 0 Å². The molecule has 0 heterocycles. The molecule has 21 heavy (non-hydrogen) atoms. The van der Waals surface area contributed by atoms with Crippen molar-refractivity contribution in [3.63, 3.8) is 0 Å². The highest BCUT2D eigenvalue weighted by atomic mass is 79.9. The number of hydrogen-bond acceptors (Lipinski definition) is 3. The molecule has 0 bridgehead atoms. The van der Waals surface area contributed by atoms with Crippen molar-refractivity contribution in [2.45, 2.75) is 13.5 Å². The summed E-state index contributed by atoms with van der Waals surface area (Å²) in [4.78, 5) is 11.1. The van der Waals surface area contributed by atoms with E-state index in [0.29, 0.717) is 39.2 Å². The van der Waals surface area contributed by atoms with E-state index in [1.807, 2.05) is 37.3 Å². The molecule has 0 N–H and O–H groups in total. The molecule has 5 heteroatoms. The van der Waals surface area contributed by atoms with Crippen LogP contribution in [0.1, 0.15) is 22.8 Å². The molecule has 0 unspecified atom stereocenters. The average Bonchev–Trinajstić information content (AvgIpc) is 2.51. The first-order chi connectivity index (χ1) is 10.2. The summed E-state index contributed by atoms with van der Waals surface area (Å²) in [5.74, 6) is 1.13. The summed E-state index contributed by atoms with van der Waals surface area (Å²) in [5.41, 5.74) is 1.57. The van der Waals surface area contributed by atoms with Gasteiger partial charge >= 0.3 is 0 Å². The second-order valence-corrected chi connectivity index (χ2v) is 5.83. The zero-order chi connectivity index (χ0) is 15.2. The minimum absolute atomic E-state index is 0.423. The van der Waals surface area contributed by atoms with Gasteiger partial charge in [0.2, 0.25) is 0 Å². The molecule has 0 aliphatic heterocycles. The lowest BCUT2D eigenvalue weighted by atomic mass is 10.2. The van der Waals surface area contributed by atoms with Gasteiger partial charge in [0, 0.05) is 10.0 Å². The van der Waals surface area contributed by atoms with E-state index >= 15 is 0 Å². The van der Waals surface area contributed by atoms with E-state index in [4.69, 9.17) is 9.47 Å². The Morgan fingerprint density at radius 1 is 1.10 bits per heavy atom. The van der Waals surface area contributed by atoms with Gasteiger partial charge in [-0.2, -0.15) is 0 Å². The van der Waals surface area contributed by atoms with Crippen LogP contribution in [0.3, 0.4) is 0 Å². The standard InChI is InChI=1S/C16H14Br2O3/c1-2-20-13-8-12(9-19)14(17)15(18)16(13)21-10-11-6-4-3-5-7-11/h3-9H,2,10H2,1H3. The first-order valence-electron chi connectivity index (χ1n) is 6.44. The van der Waals surface area contributed by atoms with Crippen LogP contribution < -0.4 is 9.47 Å². The minimum atomic E-state index is 0.423. The third kappa shape index (κ3) is 3.86. The van der Waals surface area contributed by atoms with Crippen LogP contribution in [0.25, 0.3) is 0 Å². The highest BCUT2D eigenvalue weighted by Gasteiger charge is 2.17. The summed E-state index contributed by atoms with van der Waals surface area (Å²) < 4.78 is 12.8. The van der Waals surface area contributed by atoms with Gasteiger partial charge in [-0.3, -0.25) is 4.79 Å². The number of carbonyl (C=O) groups excluding carboxylic acids is 1. The molecule has 3 nitrogen and oxygen atoms in total. The van der Waals surface area contributed by atoms with Crippen molar-refractivity contribution in [3.8, 4) is 11.5 Å². The number of aldehydes is 1. The molecule has 0 saturated heterocycles. The van der Waals surface area contributed by atoms with E-state index in [1.54, 1.807) is 6.07 Å². The fourth-order valence-electron chi connectivity index (χ4n) is 1.82. The van der Waals surface area contributed by atoms with E-state index in [9.17, 15) is 4.79 Å². The Morgan fingerprint density at radius 2 is 1.81 bits per heavy atom. The third-order valence-corrected chi connectivity index (χ3v) is 4.95. The van der Waals surface area contributed by atoms with Crippen LogP contribution in [-0.2, 0) is 6.61 Å². The van der Waals surface area contributed by atoms with Gasteiger partial charge in [0.25, 0.3) is 0 Å². The van der Waals surface area contributed by atoms with Crippen LogP contribution in [0.4, 0.5) is 0 Å². The maximum Gasteiger partial charge on any atom is 0.177 e. The molecule has 0 atom stereocenters. The van der Waals surface area contributed by atoms with Crippen molar-refractivity contribution >= 4 is 38.1 Å². The van der Waals surface area contributed by atoms with Crippen molar-refractivity contribution in [1.82, 2.24) is 0 Å². The quantitative estimate of drug-likeness (QED) is 0.625. The van der Waals surface area contributed by atoms with Crippen LogP contribution in [-0.4, -0.2) is 12.9 Å². The van der Waals surface area contributed by atoms with Crippen molar-refractivity contribution < 1.29 is 14.3 Å². The van der Waals surface area contributed by atoms with E-state index in [2.05, 4.69) is 31.9 Å². The largest absolute Gasteiger partial charge is 0.490 e. The zero-order valence-electron chi connectivity index (χ0n) is 11.4. The van der Waals surface area contributed by atoms with Gasteiger partial charge in [-0.15, -0.1) is 0 Å². The summed E-state index contributed by atoms with van der Waals surface area (Å²) in [6.45, 7) is 2.80. The van der Waals surface area contributed by atoms with Crippen LogP contribution in [0.15, 0.2) is 45.3 Å². The molecular formula is C16H14Br2O3. The monoisotopic (exact) mass is 412 g/mol. The Kier molecular flexibility index (Phi) is 5.82. The first kappa shape index (κ1) is 16.0. The van der Waals surface area contributed by atoms with Crippen molar-refractivity contribution in [2.75, 3.05) is 6.61 Å². The molecule has 0 aromatic heterocycles. The van der Waals surface area contributed by atoms with Crippen molar-refractivity contribution in [2.24, 2.45) is 0 Å². The molecule has 0 saturated carbocycles. The highest BCUT2D eigenvalue weighted by Crippen LogP contribution is 2.42. The highest BCUT2D eigenvalue weighted by molar-refractivity contribution is 9.13. The number of halogens is 2. The second-order valence-electron chi connectivity index (χ2n) is 4.25. The summed E-state index contributed by atoms with van der Waals surface area (Å²) in [6, 6.07) is 11.5. The Balaban J connectivity index is 2.32. The summed E-state index contributed by atoms with van der Waals surface area (Å²) >= 11 is 6.84. The van der Waals surface area contributed by atoms with Gasteiger partial charge in [0.1, 0.15) is 6.61 Å². The predicted molar refractivity (Wildman–Crippen MR) is 89.2 cm³/mol. The van der Waals surface area contributed by atoms with Gasteiger partial charge < -0.3 is 9.47 Å². The number of ether oxygens (including phenoxy) is 2. The second kappa shape index (κ2) is 7.61. The van der Waals surface area contributed by atoms with Crippen molar-refractivity contribution in [1.29, 1.82) is 0 Å². The molecule has 110 valence electrons. The lowest BCUT2D eigenvalue weighted by Crippen LogP contribution is -2.02. The molecule has 0 fully saturated rings. The van der Waals surface area contributed by atoms with Gasteiger partial charge in [-0.25, -0.2) is 0 Å². The lowest BCUT2D eigenvalue weighted by molar-refractivity contribution is 0.112. The topological polar surface area (TPSA) is 35.5 Å². The summed E-state index contributed by atoms with van der Waals surface area (Å²) in [6.07, 6.45) is 0.776. The predicted octanol–water partition coefficient (Wildman–Crippen LogP) is 5.00. The molecule has 0 radical (unpaired) electrons. The fourth-order valence-corrected chi connectivity index (χ4v) is 2.74. The van der Waals surface area contributed by atoms with Gasteiger partial charge in [-0.05, 0) is 50.4 Å². The third-order valence-electron chi connectivity index (χ3n) is 2.81. The van der Waals surface area contributed by atoms with Gasteiger partial charge in [0.15, 0.2) is 17.8 Å². The van der Waals surface area contributed by atoms with E-state index < -0.39 is 0 Å². The van der Waals surface area contributed by atoms with Crippen LogP contribution in [0, 0.1) is 0 Å². The molecule has 2 aromatic carbocycles. The van der Waals surface area contributed by atoms with Crippen molar-refractivity contribution in [3.05, 3.63) is 56.5 Å². The Labute approximate surface area is 140 Å². The normalized spacial score (nSPS) is 10.2. The van der Waals surface area contributed by atoms with E-state index in [0.717, 1.165) is 11.8 Å². The van der Waals surface area contributed by atoms with Gasteiger partial charge in [-0.1, -0.05) is 30.3 Å². The molecule has 0 amide bonds. The number of carbonyl (C=O) groups is 1. The van der Waals surface area contributed by atoms with Gasteiger partial charge in [0.05, 0.1) is 11.1 Å². The maximum absolute atomic E-state index is 11.1. The minimum Gasteiger partial charge on any atom is -0.490 e. The maximum atomic E-state index is 11.1. The first-order valence-corrected chi connectivity index (χ1v) is 8.02. The molecule has 2 aromatic rings. The smallest absolute Gasteiger partial charge is 0.177 e. The Bertz CT molecular complexity index is 627. The van der Waals surface area contributed by atoms with E-state index in [-0.39, 0.29) is 0 Å². The molecule has 0 aliphatic rings. The average molecular weight is 414 g/mol. The van der Waals surface area contributed by atoms with Crippen LogP contribution in [0.2, 0.25) is 0 Å². The molecular weight excluding hydrogens is 400 g/mol. The van der Waals surface area contributed by atoms with Crippen LogP contribution in [0.5, 0.6) is 11.5 Å². The Hall–Kier alpha value is -1.33. The van der Waals surface area contributed by atoms with Crippen LogP contribution >= 0.6 is 31.9 Å². The summed E-state index contributed by atoms with van der Waals surface area (Å²) in [5, 5.41) is 0. The number of benzene rings is 2. The molecule has 0 aliphatic carbocycles. The number of hydrogen-bond donors (Lipinski definition) is 0. The fraction of sp³-hybridized carbons (Fsp3) is 0.188. The zero-order valence-corrected chi connectivity index (χ0v) is 14.6. The Morgan fingerprint density at radius 3 is 2.43 bits per heavy atom. The SMILES string of the molecule is CCOc1cc(C=O)c(Br)c(Br)c1OCc1ccccc1. The summed E-state index contributed by atoms with van der Waals surface area (Å²) in [7, 11) is 0. The number of rotatable bonds is 6. The lowest BCUT2D eigenvalue weighted by Gasteiger charge is -2.16. The molecule has 2 rings (SSSR count).